The summed E-state index contributed by atoms with van der Waals surface area (Å²) in [6, 6.07) is 11.7. The van der Waals surface area contributed by atoms with Gasteiger partial charge < -0.3 is 25.0 Å². The number of ether oxygens (including phenoxy) is 2. The Bertz CT molecular complexity index is 751. The zero-order valence-electron chi connectivity index (χ0n) is 15.3. The number of esters is 1. The van der Waals surface area contributed by atoms with Crippen molar-refractivity contribution in [1.29, 1.82) is 0 Å². The zero-order chi connectivity index (χ0) is 19.8. The van der Waals surface area contributed by atoms with Gasteiger partial charge in [-0.25, -0.2) is 4.79 Å². The molecule has 0 aliphatic rings. The van der Waals surface area contributed by atoms with Crippen molar-refractivity contribution in [1.82, 2.24) is 5.32 Å². The molecule has 0 radical (unpaired) electrons. The molecule has 0 unspecified atom stereocenters. The summed E-state index contributed by atoms with van der Waals surface area (Å²) < 4.78 is 9.82. The Kier molecular flexibility index (Phi) is 7.91. The van der Waals surface area contributed by atoms with E-state index in [1.54, 1.807) is 36.4 Å². The Labute approximate surface area is 163 Å². The zero-order valence-corrected chi connectivity index (χ0v) is 16.1. The Morgan fingerprint density at radius 1 is 1.22 bits per heavy atom. The molecule has 0 amide bonds. The third kappa shape index (κ3) is 6.43. The van der Waals surface area contributed by atoms with Crippen molar-refractivity contribution in [2.45, 2.75) is 25.5 Å². The first kappa shape index (κ1) is 21.0. The molecule has 27 heavy (non-hydrogen) atoms. The smallest absolute Gasteiger partial charge is 0.343 e. The van der Waals surface area contributed by atoms with Gasteiger partial charge in [0.05, 0.1) is 18.2 Å². The number of methoxy groups -OCH3 is 1. The number of carbonyl (C=O) groups is 1. The largest absolute Gasteiger partial charge is 0.508 e. The highest BCUT2D eigenvalue weighted by molar-refractivity contribution is 6.32. The van der Waals surface area contributed by atoms with Crippen LogP contribution in [0.3, 0.4) is 0 Å². The quantitative estimate of drug-likeness (QED) is 0.568. The fourth-order valence-corrected chi connectivity index (χ4v) is 2.79. The number of phenolic OH excluding ortho intramolecular Hbond substituents is 1. The Morgan fingerprint density at radius 2 is 1.93 bits per heavy atom. The minimum atomic E-state index is -0.678. The Morgan fingerprint density at radius 3 is 2.56 bits per heavy atom. The number of aliphatic hydroxyl groups is 1. The molecule has 3 N–H and O–H groups in total. The molecule has 0 aromatic heterocycles. The number of phenols is 1. The summed E-state index contributed by atoms with van der Waals surface area (Å²) in [7, 11) is 1.29. The standard InChI is InChI=1S/C20H24ClNO5/c1-13(20(25)15-4-6-16(23)7-5-15)22-10-9-14-3-8-18(17(21)11-14)27-12-19(24)26-2/h3-8,11,13,20,22-23,25H,9-10,12H2,1-2H3/t13-,20+/m0/s1. The lowest BCUT2D eigenvalue weighted by atomic mass is 10.0. The van der Waals surface area contributed by atoms with Crippen LogP contribution in [0.5, 0.6) is 11.5 Å². The van der Waals surface area contributed by atoms with Crippen LogP contribution in [0.2, 0.25) is 5.02 Å². The van der Waals surface area contributed by atoms with Crippen LogP contribution in [0.25, 0.3) is 0 Å². The monoisotopic (exact) mass is 393 g/mol. The highest BCUT2D eigenvalue weighted by Crippen LogP contribution is 2.26. The molecule has 2 atom stereocenters. The number of carbonyl (C=O) groups excluding carboxylic acids is 1. The van der Waals surface area contributed by atoms with E-state index in [1.807, 2.05) is 13.0 Å². The normalized spacial score (nSPS) is 13.0. The average molecular weight is 394 g/mol. The van der Waals surface area contributed by atoms with Gasteiger partial charge in [-0.05, 0) is 55.3 Å². The Hall–Kier alpha value is -2.28. The van der Waals surface area contributed by atoms with Crippen LogP contribution in [0, 0.1) is 0 Å². The maximum absolute atomic E-state index is 11.1. The van der Waals surface area contributed by atoms with Gasteiger partial charge in [-0.15, -0.1) is 0 Å². The van der Waals surface area contributed by atoms with Crippen LogP contribution in [-0.2, 0) is 16.0 Å². The SMILES string of the molecule is COC(=O)COc1ccc(CCN[C@@H](C)[C@@H](O)c2ccc(O)cc2)cc1Cl. The van der Waals surface area contributed by atoms with Crippen molar-refractivity contribution in [3.05, 3.63) is 58.6 Å². The highest BCUT2D eigenvalue weighted by Gasteiger charge is 2.15. The predicted octanol–water partition coefficient (Wildman–Crippen LogP) is 2.85. The molecule has 146 valence electrons. The molecule has 2 rings (SSSR count). The van der Waals surface area contributed by atoms with Crippen LogP contribution < -0.4 is 10.1 Å². The van der Waals surface area contributed by atoms with Crippen LogP contribution in [0.4, 0.5) is 0 Å². The molecule has 0 aliphatic heterocycles. The summed E-state index contributed by atoms with van der Waals surface area (Å²) in [6.07, 6.45) is 0.0344. The molecule has 0 heterocycles. The van der Waals surface area contributed by atoms with E-state index in [2.05, 4.69) is 10.1 Å². The molecule has 0 saturated heterocycles. The van der Waals surface area contributed by atoms with Crippen molar-refractivity contribution < 1.29 is 24.5 Å². The first-order valence-corrected chi connectivity index (χ1v) is 8.97. The predicted molar refractivity (Wildman–Crippen MR) is 103 cm³/mol. The molecule has 2 aromatic carbocycles. The number of aromatic hydroxyl groups is 1. The fourth-order valence-electron chi connectivity index (χ4n) is 2.53. The minimum absolute atomic E-state index is 0.160. The van der Waals surface area contributed by atoms with Gasteiger partial charge in [0.25, 0.3) is 0 Å². The second-order valence-electron chi connectivity index (χ2n) is 6.16. The van der Waals surface area contributed by atoms with Gasteiger partial charge in [-0.3, -0.25) is 0 Å². The summed E-state index contributed by atoms with van der Waals surface area (Å²) in [5, 5.41) is 23.4. The van der Waals surface area contributed by atoms with E-state index in [-0.39, 0.29) is 18.4 Å². The van der Waals surface area contributed by atoms with Gasteiger partial charge in [0.2, 0.25) is 0 Å². The van der Waals surface area contributed by atoms with Crippen LogP contribution >= 0.6 is 11.6 Å². The third-order valence-electron chi connectivity index (χ3n) is 4.16. The van der Waals surface area contributed by atoms with Gasteiger partial charge in [0.15, 0.2) is 6.61 Å². The number of rotatable bonds is 9. The first-order chi connectivity index (χ1) is 12.9. The molecule has 6 nitrogen and oxygen atoms in total. The first-order valence-electron chi connectivity index (χ1n) is 8.59. The third-order valence-corrected chi connectivity index (χ3v) is 4.45. The molecule has 0 bridgehead atoms. The molecular formula is C20H24ClNO5. The highest BCUT2D eigenvalue weighted by atomic mass is 35.5. The van der Waals surface area contributed by atoms with Crippen LogP contribution in [-0.4, -0.2) is 42.5 Å². The molecule has 0 fully saturated rings. The van der Waals surface area contributed by atoms with Crippen molar-refractivity contribution in [2.24, 2.45) is 0 Å². The number of aliphatic hydroxyl groups excluding tert-OH is 1. The van der Waals surface area contributed by atoms with E-state index in [0.29, 0.717) is 23.7 Å². The molecule has 0 aliphatic carbocycles. The summed E-state index contributed by atoms with van der Waals surface area (Å²) >= 11 is 6.18. The van der Waals surface area contributed by atoms with Gasteiger partial charge >= 0.3 is 5.97 Å². The lowest BCUT2D eigenvalue weighted by molar-refractivity contribution is -0.142. The second kappa shape index (κ2) is 10.2. The summed E-state index contributed by atoms with van der Waals surface area (Å²) in [5.74, 6) is 0.123. The van der Waals surface area contributed by atoms with E-state index in [1.165, 1.54) is 7.11 Å². The van der Waals surface area contributed by atoms with Crippen molar-refractivity contribution in [2.75, 3.05) is 20.3 Å². The minimum Gasteiger partial charge on any atom is -0.508 e. The van der Waals surface area contributed by atoms with E-state index >= 15 is 0 Å². The topological polar surface area (TPSA) is 88.0 Å². The maximum Gasteiger partial charge on any atom is 0.343 e. The average Bonchev–Trinajstić information content (AvgIpc) is 2.67. The van der Waals surface area contributed by atoms with Gasteiger partial charge in [-0.2, -0.15) is 0 Å². The van der Waals surface area contributed by atoms with Gasteiger partial charge in [0, 0.05) is 6.04 Å². The van der Waals surface area contributed by atoms with E-state index in [0.717, 1.165) is 11.1 Å². The van der Waals surface area contributed by atoms with E-state index in [9.17, 15) is 15.0 Å². The summed E-state index contributed by atoms with van der Waals surface area (Å²) in [5.41, 5.74) is 1.74. The Balaban J connectivity index is 1.83. The van der Waals surface area contributed by atoms with Crippen LogP contribution in [0.1, 0.15) is 24.2 Å². The van der Waals surface area contributed by atoms with E-state index < -0.39 is 12.1 Å². The number of halogens is 1. The number of hydrogen-bond donors (Lipinski definition) is 3. The van der Waals surface area contributed by atoms with Crippen LogP contribution in [0.15, 0.2) is 42.5 Å². The molecule has 0 saturated carbocycles. The second-order valence-corrected chi connectivity index (χ2v) is 6.57. The molecule has 0 spiro atoms. The lowest BCUT2D eigenvalue weighted by Gasteiger charge is -2.21. The molecule has 2 aromatic rings. The van der Waals surface area contributed by atoms with Crippen molar-refractivity contribution in [3.8, 4) is 11.5 Å². The van der Waals surface area contributed by atoms with Crippen molar-refractivity contribution in [3.63, 3.8) is 0 Å². The lowest BCUT2D eigenvalue weighted by Crippen LogP contribution is -2.33. The summed E-state index contributed by atoms with van der Waals surface area (Å²) in [4.78, 5) is 11.1. The molecular weight excluding hydrogens is 370 g/mol. The molecule has 7 heteroatoms. The number of benzene rings is 2. The van der Waals surface area contributed by atoms with E-state index in [4.69, 9.17) is 16.3 Å². The fraction of sp³-hybridized carbons (Fsp3) is 0.350. The van der Waals surface area contributed by atoms with Gasteiger partial charge in [0.1, 0.15) is 11.5 Å². The maximum atomic E-state index is 11.1. The number of nitrogens with one attached hydrogen (secondary N) is 1. The van der Waals surface area contributed by atoms with Crippen molar-refractivity contribution >= 4 is 17.6 Å². The number of hydrogen-bond acceptors (Lipinski definition) is 6. The summed E-state index contributed by atoms with van der Waals surface area (Å²) in [6.45, 7) is 2.35. The van der Waals surface area contributed by atoms with Gasteiger partial charge in [-0.1, -0.05) is 29.8 Å².